The molecule has 0 unspecified atom stereocenters. The Kier molecular flexibility index (Phi) is 15.3. The standard InChI is InChI=1S/C28H51N5O9/c1-13-32(14-2)25(38)42-33(26(39)41-28(7,8)9)16-15-22(35)31(12)21(19-20(3)34)23(36)29(10)17-18-30(11)24(37)40-27(4,5)6/h21H,13-19H2,1-12H3/t21-/m0/s1. The number of ketones is 1. The van der Waals surface area contributed by atoms with Crippen LogP contribution in [0.4, 0.5) is 14.4 Å². The zero-order valence-electron chi connectivity index (χ0n) is 27.4. The lowest BCUT2D eigenvalue weighted by atomic mass is 10.1. The van der Waals surface area contributed by atoms with E-state index in [2.05, 4.69) is 0 Å². The predicted molar refractivity (Wildman–Crippen MR) is 155 cm³/mol. The van der Waals surface area contributed by atoms with Gasteiger partial charge in [-0.2, -0.15) is 0 Å². The van der Waals surface area contributed by atoms with E-state index in [4.69, 9.17) is 14.3 Å². The van der Waals surface area contributed by atoms with Gasteiger partial charge in [0.05, 0.1) is 6.54 Å². The Hall–Kier alpha value is -3.58. The van der Waals surface area contributed by atoms with Gasteiger partial charge in [-0.15, -0.1) is 5.06 Å². The van der Waals surface area contributed by atoms with Crippen LogP contribution in [0.1, 0.15) is 75.2 Å². The molecule has 1 atom stereocenters. The quantitative estimate of drug-likeness (QED) is 0.308. The minimum Gasteiger partial charge on any atom is -0.444 e. The molecule has 0 radical (unpaired) electrons. The molecule has 0 bridgehead atoms. The summed E-state index contributed by atoms with van der Waals surface area (Å²) in [5.41, 5.74) is -1.57. The summed E-state index contributed by atoms with van der Waals surface area (Å²) in [6.45, 7) is 15.6. The van der Waals surface area contributed by atoms with Crippen molar-refractivity contribution in [2.45, 2.75) is 92.4 Å². The summed E-state index contributed by atoms with van der Waals surface area (Å²) in [5.74, 6) is -1.38. The van der Waals surface area contributed by atoms with E-state index in [1.807, 2.05) is 0 Å². The van der Waals surface area contributed by atoms with Crippen LogP contribution in [0, 0.1) is 0 Å². The fraction of sp³-hybridized carbons (Fsp3) is 0.786. The molecule has 0 fully saturated rings. The van der Waals surface area contributed by atoms with Gasteiger partial charge in [-0.1, -0.05) is 0 Å². The van der Waals surface area contributed by atoms with Crippen LogP contribution >= 0.6 is 0 Å². The SMILES string of the molecule is CCN(CC)C(=O)ON(CCC(=O)N(C)[C@@H](CC(C)=O)C(=O)N(C)CCN(C)C(=O)OC(C)(C)C)C(=O)OC(C)(C)C. The summed E-state index contributed by atoms with van der Waals surface area (Å²) < 4.78 is 10.6. The summed E-state index contributed by atoms with van der Waals surface area (Å²) in [4.78, 5) is 86.4. The first kappa shape index (κ1) is 38.4. The highest BCUT2D eigenvalue weighted by molar-refractivity contribution is 5.92. The van der Waals surface area contributed by atoms with Crippen LogP contribution in [0.25, 0.3) is 0 Å². The molecule has 0 aromatic heterocycles. The molecule has 0 saturated heterocycles. The van der Waals surface area contributed by atoms with Crippen LogP contribution in [0.2, 0.25) is 0 Å². The molecule has 0 rings (SSSR count). The molecule has 14 heteroatoms. The average Bonchev–Trinajstić information content (AvgIpc) is 2.85. The first-order chi connectivity index (χ1) is 19.1. The highest BCUT2D eigenvalue weighted by atomic mass is 16.8. The fourth-order valence-corrected chi connectivity index (χ4v) is 3.43. The second-order valence-electron chi connectivity index (χ2n) is 12.0. The molecule has 14 nitrogen and oxygen atoms in total. The number of hydrogen-bond acceptors (Lipinski definition) is 9. The molecule has 0 aliphatic heterocycles. The van der Waals surface area contributed by atoms with Gasteiger partial charge < -0.3 is 33.9 Å². The third-order valence-corrected chi connectivity index (χ3v) is 5.81. The van der Waals surface area contributed by atoms with E-state index in [-0.39, 0.29) is 38.3 Å². The van der Waals surface area contributed by atoms with Gasteiger partial charge >= 0.3 is 18.3 Å². The largest absolute Gasteiger partial charge is 0.444 e. The predicted octanol–water partition coefficient (Wildman–Crippen LogP) is 3.14. The van der Waals surface area contributed by atoms with E-state index < -0.39 is 47.3 Å². The Bertz CT molecular complexity index is 954. The van der Waals surface area contributed by atoms with Gasteiger partial charge in [0.15, 0.2) is 0 Å². The summed E-state index contributed by atoms with van der Waals surface area (Å²) >= 11 is 0. The highest BCUT2D eigenvalue weighted by Crippen LogP contribution is 2.14. The zero-order valence-corrected chi connectivity index (χ0v) is 27.4. The number of rotatable bonds is 12. The number of likely N-dealkylation sites (N-methyl/N-ethyl adjacent to an activating group) is 3. The van der Waals surface area contributed by atoms with Gasteiger partial charge in [0.1, 0.15) is 23.0 Å². The van der Waals surface area contributed by atoms with Crippen molar-refractivity contribution in [1.82, 2.24) is 24.7 Å². The third-order valence-electron chi connectivity index (χ3n) is 5.81. The van der Waals surface area contributed by atoms with Crippen molar-refractivity contribution in [3.63, 3.8) is 0 Å². The summed E-state index contributed by atoms with van der Waals surface area (Å²) in [6, 6.07) is -1.12. The molecule has 0 N–H and O–H groups in total. The molecule has 0 aliphatic rings. The second kappa shape index (κ2) is 16.8. The van der Waals surface area contributed by atoms with Gasteiger partial charge in [-0.05, 0) is 62.3 Å². The molecule has 0 heterocycles. The average molecular weight is 602 g/mol. The molecular formula is C28H51N5O9. The van der Waals surface area contributed by atoms with Crippen LogP contribution in [-0.2, 0) is 28.7 Å². The Labute approximate surface area is 250 Å². The second-order valence-corrected chi connectivity index (χ2v) is 12.0. The Morgan fingerprint density at radius 3 is 1.62 bits per heavy atom. The van der Waals surface area contributed by atoms with Crippen LogP contribution in [0.15, 0.2) is 0 Å². The topological polar surface area (TPSA) is 146 Å². The fourth-order valence-electron chi connectivity index (χ4n) is 3.43. The van der Waals surface area contributed by atoms with Crippen LogP contribution < -0.4 is 0 Å². The molecule has 242 valence electrons. The number of ether oxygens (including phenoxy) is 2. The number of hydroxylamine groups is 2. The maximum absolute atomic E-state index is 13.3. The summed E-state index contributed by atoms with van der Waals surface area (Å²) in [6.07, 6.45) is -2.85. The molecule has 0 aliphatic carbocycles. The number of hydrogen-bond donors (Lipinski definition) is 0. The van der Waals surface area contributed by atoms with Crippen molar-refractivity contribution in [2.24, 2.45) is 0 Å². The van der Waals surface area contributed by atoms with Gasteiger partial charge in [0.2, 0.25) is 11.8 Å². The first-order valence-electron chi connectivity index (χ1n) is 14.0. The van der Waals surface area contributed by atoms with Gasteiger partial charge in [-0.3, -0.25) is 14.4 Å². The summed E-state index contributed by atoms with van der Waals surface area (Å²) in [5, 5.41) is 0.679. The molecular weight excluding hydrogens is 550 g/mol. The number of carbonyl (C=O) groups excluding carboxylic acids is 6. The van der Waals surface area contributed by atoms with E-state index >= 15 is 0 Å². The van der Waals surface area contributed by atoms with E-state index in [9.17, 15) is 28.8 Å². The van der Waals surface area contributed by atoms with E-state index in [0.29, 0.717) is 18.2 Å². The minimum atomic E-state index is -1.12. The van der Waals surface area contributed by atoms with Crippen molar-refractivity contribution < 1.29 is 43.1 Å². The van der Waals surface area contributed by atoms with E-state index in [1.54, 1.807) is 62.4 Å². The minimum absolute atomic E-state index is 0.124. The number of amides is 5. The first-order valence-corrected chi connectivity index (χ1v) is 14.0. The van der Waals surface area contributed by atoms with E-state index in [1.165, 1.54) is 35.7 Å². The molecule has 42 heavy (non-hydrogen) atoms. The summed E-state index contributed by atoms with van der Waals surface area (Å²) in [7, 11) is 4.43. The van der Waals surface area contributed by atoms with Crippen molar-refractivity contribution in [3.8, 4) is 0 Å². The number of Topliss-reactive ketones (excluding diaryl/α,β-unsaturated/α-hetero) is 1. The molecule has 0 spiro atoms. The Morgan fingerprint density at radius 2 is 1.17 bits per heavy atom. The molecule has 0 aromatic rings. The van der Waals surface area contributed by atoms with Crippen LogP contribution in [0.3, 0.4) is 0 Å². The lowest BCUT2D eigenvalue weighted by Crippen LogP contribution is -2.51. The van der Waals surface area contributed by atoms with Crippen molar-refractivity contribution >= 4 is 35.9 Å². The van der Waals surface area contributed by atoms with Gasteiger partial charge in [-0.25, -0.2) is 14.4 Å². The highest BCUT2D eigenvalue weighted by Gasteiger charge is 2.33. The maximum Gasteiger partial charge on any atom is 0.443 e. The van der Waals surface area contributed by atoms with Crippen molar-refractivity contribution in [2.75, 3.05) is 53.9 Å². The monoisotopic (exact) mass is 601 g/mol. The van der Waals surface area contributed by atoms with Crippen LogP contribution in [-0.4, -0.2) is 132 Å². The van der Waals surface area contributed by atoms with Crippen LogP contribution in [0.5, 0.6) is 0 Å². The van der Waals surface area contributed by atoms with Gasteiger partial charge in [0.25, 0.3) is 0 Å². The van der Waals surface area contributed by atoms with Gasteiger partial charge in [0, 0.05) is 60.2 Å². The number of nitrogens with zero attached hydrogens (tertiary/aromatic N) is 5. The molecule has 0 saturated carbocycles. The maximum atomic E-state index is 13.3. The van der Waals surface area contributed by atoms with Crippen molar-refractivity contribution in [1.29, 1.82) is 0 Å². The normalized spacial score (nSPS) is 12.0. The molecule has 5 amide bonds. The van der Waals surface area contributed by atoms with Crippen molar-refractivity contribution in [3.05, 3.63) is 0 Å². The Balaban J connectivity index is 5.60. The number of carbonyl (C=O) groups is 6. The lowest BCUT2D eigenvalue weighted by Gasteiger charge is -2.32. The third kappa shape index (κ3) is 14.4. The Morgan fingerprint density at radius 1 is 0.690 bits per heavy atom. The molecule has 0 aromatic carbocycles. The smallest absolute Gasteiger partial charge is 0.443 e. The zero-order chi connectivity index (χ0) is 33.0. The lowest BCUT2D eigenvalue weighted by molar-refractivity contribution is -0.147. The van der Waals surface area contributed by atoms with E-state index in [0.717, 1.165) is 4.90 Å².